The lowest BCUT2D eigenvalue weighted by atomic mass is 10.3. The van der Waals surface area contributed by atoms with Crippen LogP contribution in [0.1, 0.15) is 17.3 Å². The molecule has 0 aromatic carbocycles. The highest BCUT2D eigenvalue weighted by Crippen LogP contribution is 1.96. The van der Waals surface area contributed by atoms with Crippen molar-refractivity contribution >= 4 is 24.0 Å². The maximum absolute atomic E-state index is 11.8. The third-order valence-corrected chi connectivity index (χ3v) is 2.09. The third kappa shape index (κ3) is 1.63. The van der Waals surface area contributed by atoms with Gasteiger partial charge in [0.2, 0.25) is 5.78 Å². The number of hydrogen-bond donors (Lipinski definition) is 2. The molecule has 0 fully saturated rings. The van der Waals surface area contributed by atoms with Crippen molar-refractivity contribution in [2.75, 3.05) is 6.61 Å². The van der Waals surface area contributed by atoms with Crippen molar-refractivity contribution in [3.63, 3.8) is 0 Å². The number of aromatic amines is 2. The van der Waals surface area contributed by atoms with Gasteiger partial charge in [0.15, 0.2) is 4.77 Å². The highest BCUT2D eigenvalue weighted by atomic mass is 32.1. The van der Waals surface area contributed by atoms with Gasteiger partial charge in [-0.15, -0.1) is 0 Å². The van der Waals surface area contributed by atoms with E-state index >= 15 is 0 Å². The standard InChI is InChI=1S/C8H8N4O3S/c1-2-15-6(14)4-3-9-7-10-8(16)11-12(7)5(4)13/h3H,2H2,1H3,(H2,9,10,11,16). The molecule has 0 aliphatic heterocycles. The molecule has 0 aliphatic carbocycles. The molecular formula is C8H8N4O3S. The number of carbonyl (C=O) groups is 1. The van der Waals surface area contributed by atoms with Gasteiger partial charge in [-0.2, -0.15) is 4.52 Å². The van der Waals surface area contributed by atoms with Crippen molar-refractivity contribution < 1.29 is 9.53 Å². The largest absolute Gasteiger partial charge is 0.462 e. The predicted octanol–water partition coefficient (Wildman–Crippen LogP) is 0.257. The van der Waals surface area contributed by atoms with Gasteiger partial charge in [-0.3, -0.25) is 14.9 Å². The topological polar surface area (TPSA) is 92.2 Å². The van der Waals surface area contributed by atoms with Crippen molar-refractivity contribution in [3.8, 4) is 0 Å². The van der Waals surface area contributed by atoms with Crippen LogP contribution in [0.4, 0.5) is 0 Å². The van der Waals surface area contributed by atoms with Gasteiger partial charge in [0.05, 0.1) is 12.8 Å². The number of ether oxygens (including phenoxy) is 1. The molecule has 2 rings (SSSR count). The summed E-state index contributed by atoms with van der Waals surface area (Å²) < 4.78 is 6.04. The molecule has 2 aromatic rings. The van der Waals surface area contributed by atoms with Crippen molar-refractivity contribution in [2.45, 2.75) is 6.92 Å². The number of rotatable bonds is 2. The second kappa shape index (κ2) is 3.89. The monoisotopic (exact) mass is 240 g/mol. The lowest BCUT2D eigenvalue weighted by molar-refractivity contribution is 0.0523. The molecule has 2 aromatic heterocycles. The van der Waals surface area contributed by atoms with Gasteiger partial charge in [0, 0.05) is 0 Å². The van der Waals surface area contributed by atoms with Crippen LogP contribution in [0.5, 0.6) is 0 Å². The molecule has 16 heavy (non-hydrogen) atoms. The Morgan fingerprint density at radius 1 is 1.69 bits per heavy atom. The Kier molecular flexibility index (Phi) is 2.57. The molecule has 0 unspecified atom stereocenters. The molecule has 0 amide bonds. The van der Waals surface area contributed by atoms with E-state index in [0.717, 1.165) is 10.7 Å². The van der Waals surface area contributed by atoms with Gasteiger partial charge in [-0.25, -0.2) is 9.78 Å². The quantitative estimate of drug-likeness (QED) is 0.580. The average molecular weight is 240 g/mol. The van der Waals surface area contributed by atoms with Gasteiger partial charge >= 0.3 is 5.97 Å². The highest BCUT2D eigenvalue weighted by molar-refractivity contribution is 7.71. The maximum atomic E-state index is 11.8. The first-order valence-corrected chi connectivity index (χ1v) is 4.91. The second-order valence-electron chi connectivity index (χ2n) is 2.92. The number of hydrogen-bond acceptors (Lipinski definition) is 5. The van der Waals surface area contributed by atoms with Crippen LogP contribution in [-0.2, 0) is 4.74 Å². The minimum atomic E-state index is -0.699. The molecule has 2 N–H and O–H groups in total. The Bertz CT molecular complexity index is 653. The zero-order chi connectivity index (χ0) is 11.7. The number of nitrogens with zero attached hydrogens (tertiary/aromatic N) is 2. The summed E-state index contributed by atoms with van der Waals surface area (Å²) in [6, 6.07) is 0. The molecule has 84 valence electrons. The van der Waals surface area contributed by atoms with Crippen molar-refractivity contribution in [1.29, 1.82) is 0 Å². The van der Waals surface area contributed by atoms with Crippen LogP contribution in [0.2, 0.25) is 0 Å². The van der Waals surface area contributed by atoms with Crippen LogP contribution in [0.15, 0.2) is 11.0 Å². The summed E-state index contributed by atoms with van der Waals surface area (Å²) in [6.07, 6.45) is 1.16. The Balaban J connectivity index is 2.65. The lowest BCUT2D eigenvalue weighted by Gasteiger charge is -2.00. The molecule has 8 heteroatoms. The summed E-state index contributed by atoms with van der Waals surface area (Å²) in [6.45, 7) is 1.86. The van der Waals surface area contributed by atoms with E-state index in [1.807, 2.05) is 0 Å². The summed E-state index contributed by atoms with van der Waals surface area (Å²) >= 11 is 4.81. The van der Waals surface area contributed by atoms with Gasteiger partial charge in [-0.1, -0.05) is 0 Å². The molecule has 7 nitrogen and oxygen atoms in total. The molecule has 0 atom stereocenters. The number of nitrogens with one attached hydrogen (secondary N) is 2. The number of fused-ring (bicyclic) bond motifs is 1. The SMILES string of the molecule is CCOC(=O)c1cnc2[nH]c(=S)[nH]n2c1=O. The minimum Gasteiger partial charge on any atom is -0.462 e. The van der Waals surface area contributed by atoms with Crippen LogP contribution in [-0.4, -0.2) is 32.2 Å². The zero-order valence-corrected chi connectivity index (χ0v) is 9.13. The maximum Gasteiger partial charge on any atom is 0.345 e. The molecule has 0 radical (unpaired) electrons. The van der Waals surface area contributed by atoms with Gasteiger partial charge in [-0.05, 0) is 19.1 Å². The lowest BCUT2D eigenvalue weighted by Crippen LogP contribution is -2.24. The minimum absolute atomic E-state index is 0.135. The Hall–Kier alpha value is -1.96. The van der Waals surface area contributed by atoms with Crippen LogP contribution in [0.25, 0.3) is 5.78 Å². The van der Waals surface area contributed by atoms with E-state index in [1.54, 1.807) is 6.92 Å². The first-order valence-electron chi connectivity index (χ1n) is 4.50. The third-order valence-electron chi connectivity index (χ3n) is 1.90. The summed E-state index contributed by atoms with van der Waals surface area (Å²) in [5.74, 6) is -0.446. The molecule has 0 spiro atoms. The fourth-order valence-corrected chi connectivity index (χ4v) is 1.41. The summed E-state index contributed by atoms with van der Waals surface area (Å²) in [5.41, 5.74) is -0.680. The van der Waals surface area contributed by atoms with Crippen molar-refractivity contribution in [3.05, 3.63) is 26.9 Å². The van der Waals surface area contributed by atoms with E-state index in [2.05, 4.69) is 15.1 Å². The molecule has 2 heterocycles. The summed E-state index contributed by atoms with van der Waals surface area (Å²) in [7, 11) is 0. The summed E-state index contributed by atoms with van der Waals surface area (Å²) in [5, 5.41) is 2.56. The van der Waals surface area contributed by atoms with E-state index in [-0.39, 0.29) is 22.7 Å². The highest BCUT2D eigenvalue weighted by Gasteiger charge is 2.14. The number of aromatic nitrogens is 4. The number of esters is 1. The van der Waals surface area contributed by atoms with Crippen LogP contribution < -0.4 is 5.56 Å². The van der Waals surface area contributed by atoms with Gasteiger partial charge in [0.25, 0.3) is 5.56 Å². The van der Waals surface area contributed by atoms with E-state index in [1.165, 1.54) is 0 Å². The van der Waals surface area contributed by atoms with E-state index in [9.17, 15) is 9.59 Å². The van der Waals surface area contributed by atoms with Crippen molar-refractivity contribution in [1.82, 2.24) is 19.6 Å². The smallest absolute Gasteiger partial charge is 0.345 e. The fourth-order valence-electron chi connectivity index (χ4n) is 1.23. The van der Waals surface area contributed by atoms with E-state index < -0.39 is 11.5 Å². The Labute approximate surface area is 94.1 Å². The van der Waals surface area contributed by atoms with E-state index in [4.69, 9.17) is 17.0 Å². The Morgan fingerprint density at radius 2 is 2.44 bits per heavy atom. The fraction of sp³-hybridized carbons (Fsp3) is 0.250. The predicted molar refractivity (Wildman–Crippen MR) is 57.0 cm³/mol. The Morgan fingerprint density at radius 3 is 3.12 bits per heavy atom. The van der Waals surface area contributed by atoms with Crippen LogP contribution >= 0.6 is 12.2 Å². The molecular weight excluding hydrogens is 232 g/mol. The van der Waals surface area contributed by atoms with Gasteiger partial charge < -0.3 is 4.74 Å². The number of carbonyl (C=O) groups excluding carboxylic acids is 1. The second-order valence-corrected chi connectivity index (χ2v) is 3.33. The normalized spacial score (nSPS) is 10.6. The molecule has 0 bridgehead atoms. The van der Waals surface area contributed by atoms with Gasteiger partial charge in [0.1, 0.15) is 5.56 Å². The zero-order valence-electron chi connectivity index (χ0n) is 8.31. The first-order chi connectivity index (χ1) is 7.63. The average Bonchev–Trinajstić information content (AvgIpc) is 2.60. The first kappa shape index (κ1) is 10.6. The van der Waals surface area contributed by atoms with E-state index in [0.29, 0.717) is 0 Å². The molecule has 0 aliphatic rings. The van der Waals surface area contributed by atoms with Crippen LogP contribution in [0.3, 0.4) is 0 Å². The molecule has 0 saturated heterocycles. The molecule has 0 saturated carbocycles. The van der Waals surface area contributed by atoms with Crippen molar-refractivity contribution in [2.24, 2.45) is 0 Å². The number of H-pyrrole nitrogens is 2. The van der Waals surface area contributed by atoms with Crippen LogP contribution in [0, 0.1) is 4.77 Å². The summed E-state index contributed by atoms with van der Waals surface area (Å²) in [4.78, 5) is 29.7.